The predicted molar refractivity (Wildman–Crippen MR) is 96.8 cm³/mol. The number of halogens is 3. The predicted octanol–water partition coefficient (Wildman–Crippen LogP) is 3.07. The fourth-order valence-corrected chi connectivity index (χ4v) is 5.14. The third-order valence-corrected chi connectivity index (χ3v) is 7.10. The zero-order valence-corrected chi connectivity index (χ0v) is 15.3. The minimum Gasteiger partial charge on any atom is -0.274 e. The summed E-state index contributed by atoms with van der Waals surface area (Å²) in [6.07, 6.45) is 0. The van der Waals surface area contributed by atoms with Crippen LogP contribution in [0.5, 0.6) is 0 Å². The van der Waals surface area contributed by atoms with Crippen LogP contribution >= 0.6 is 22.7 Å². The number of rotatable bonds is 2. The first kappa shape index (κ1) is 17.9. The van der Waals surface area contributed by atoms with Gasteiger partial charge in [0.05, 0.1) is 10.8 Å². The summed E-state index contributed by atoms with van der Waals surface area (Å²) >= 11 is 2.66. The minimum atomic E-state index is -6.15. The summed E-state index contributed by atoms with van der Waals surface area (Å²) in [5, 5.41) is -0.438. The molecular weight excluding hydrogens is 427 g/mol. The van der Waals surface area contributed by atoms with Crippen molar-refractivity contribution in [3.05, 3.63) is 57.1 Å². The van der Waals surface area contributed by atoms with E-state index in [0.717, 1.165) is 9.40 Å². The van der Waals surface area contributed by atoms with Gasteiger partial charge in [0.25, 0.3) is 11.1 Å². The Hall–Kier alpha value is -2.44. The number of alkyl halides is 3. The molecule has 0 bridgehead atoms. The molecule has 0 aliphatic rings. The van der Waals surface area contributed by atoms with Crippen molar-refractivity contribution < 1.29 is 25.9 Å². The highest BCUT2D eigenvalue weighted by Gasteiger charge is 2.49. The SMILES string of the molecule is O=c1c2cc3sc4ccccc4sc3cc2c(=O)n1OS(=O)(=O)C(F)(F)F. The highest BCUT2D eigenvalue weighted by molar-refractivity contribution is 7.87. The molecule has 0 saturated carbocycles. The lowest BCUT2D eigenvalue weighted by atomic mass is 10.2. The molecule has 140 valence electrons. The van der Waals surface area contributed by atoms with E-state index in [0.29, 0.717) is 9.40 Å². The van der Waals surface area contributed by atoms with E-state index >= 15 is 0 Å². The molecule has 12 heteroatoms. The summed E-state index contributed by atoms with van der Waals surface area (Å²) in [4.78, 5) is 24.6. The van der Waals surface area contributed by atoms with E-state index in [-0.39, 0.29) is 15.5 Å². The first-order chi connectivity index (χ1) is 12.6. The average molecular weight is 433 g/mol. The fourth-order valence-electron chi connectivity index (χ4n) is 2.45. The number of hydrogen-bond donors (Lipinski definition) is 0. The Balaban J connectivity index is 2.01. The fraction of sp³-hybridized carbons (Fsp3) is 0.0667. The Morgan fingerprint density at radius 1 is 0.852 bits per heavy atom. The van der Waals surface area contributed by atoms with Crippen LogP contribution in [0.4, 0.5) is 13.2 Å². The second-order valence-corrected chi connectivity index (χ2v) is 9.06. The van der Waals surface area contributed by atoms with Gasteiger partial charge in [0.1, 0.15) is 0 Å². The maximum Gasteiger partial charge on any atom is 0.536 e. The minimum absolute atomic E-state index is 0.219. The van der Waals surface area contributed by atoms with Crippen molar-refractivity contribution >= 4 is 62.4 Å². The molecule has 0 N–H and O–H groups in total. The van der Waals surface area contributed by atoms with Gasteiger partial charge in [0.2, 0.25) is 0 Å². The molecule has 0 amide bonds. The number of nitrogens with zero attached hydrogens (tertiary/aromatic N) is 1. The van der Waals surface area contributed by atoms with Crippen molar-refractivity contribution in [2.75, 3.05) is 0 Å². The lowest BCUT2D eigenvalue weighted by molar-refractivity contribution is -0.0550. The molecular formula is C15H6F3NO5S3. The summed E-state index contributed by atoms with van der Waals surface area (Å²) in [5.41, 5.74) is -8.31. The highest BCUT2D eigenvalue weighted by atomic mass is 32.2. The van der Waals surface area contributed by atoms with Crippen LogP contribution in [-0.4, -0.2) is 18.7 Å². The quantitative estimate of drug-likeness (QED) is 0.359. The molecule has 4 rings (SSSR count). The molecule has 2 heterocycles. The van der Waals surface area contributed by atoms with Gasteiger partial charge in [-0.15, -0.1) is 22.7 Å². The molecule has 4 aromatic rings. The molecule has 0 atom stereocenters. The largest absolute Gasteiger partial charge is 0.536 e. The van der Waals surface area contributed by atoms with Gasteiger partial charge in [0, 0.05) is 18.8 Å². The van der Waals surface area contributed by atoms with Crippen molar-refractivity contribution in [1.29, 1.82) is 0 Å². The molecule has 0 aliphatic heterocycles. The zero-order valence-electron chi connectivity index (χ0n) is 12.8. The van der Waals surface area contributed by atoms with E-state index in [4.69, 9.17) is 0 Å². The number of hydrogen-bond acceptors (Lipinski definition) is 7. The van der Waals surface area contributed by atoms with E-state index in [1.165, 1.54) is 34.8 Å². The van der Waals surface area contributed by atoms with Crippen LogP contribution in [0.3, 0.4) is 0 Å². The van der Waals surface area contributed by atoms with E-state index in [9.17, 15) is 31.2 Å². The van der Waals surface area contributed by atoms with E-state index in [2.05, 4.69) is 4.28 Å². The molecule has 6 nitrogen and oxygen atoms in total. The van der Waals surface area contributed by atoms with Gasteiger partial charge in [-0.05, 0) is 24.3 Å². The molecule has 0 radical (unpaired) electrons. The van der Waals surface area contributed by atoms with Crippen LogP contribution in [0.25, 0.3) is 29.6 Å². The van der Waals surface area contributed by atoms with Crippen LogP contribution in [0.1, 0.15) is 0 Å². The summed E-state index contributed by atoms with van der Waals surface area (Å²) in [5.74, 6) is 0. The van der Waals surface area contributed by atoms with E-state index in [1.807, 2.05) is 24.3 Å². The Bertz CT molecular complexity index is 1360. The third-order valence-electron chi connectivity index (χ3n) is 3.66. The van der Waals surface area contributed by atoms with Crippen molar-refractivity contribution in [3.8, 4) is 0 Å². The highest BCUT2D eigenvalue weighted by Crippen LogP contribution is 2.34. The van der Waals surface area contributed by atoms with Gasteiger partial charge in [-0.25, -0.2) is 0 Å². The maximum atomic E-state index is 12.5. The van der Waals surface area contributed by atoms with E-state index in [1.54, 1.807) is 0 Å². The number of benzene rings is 2. The summed E-state index contributed by atoms with van der Waals surface area (Å²) in [6.45, 7) is 0. The molecule has 0 spiro atoms. The molecule has 27 heavy (non-hydrogen) atoms. The van der Waals surface area contributed by atoms with Crippen LogP contribution in [0.2, 0.25) is 0 Å². The average Bonchev–Trinajstić information content (AvgIpc) is 2.81. The van der Waals surface area contributed by atoms with Crippen molar-refractivity contribution in [2.24, 2.45) is 0 Å². The van der Waals surface area contributed by atoms with Gasteiger partial charge in [0.15, 0.2) is 0 Å². The summed E-state index contributed by atoms with van der Waals surface area (Å²) in [7, 11) is -6.15. The van der Waals surface area contributed by atoms with Crippen LogP contribution in [0, 0.1) is 0 Å². The lowest BCUT2D eigenvalue weighted by Gasteiger charge is -2.07. The second kappa shape index (κ2) is 5.78. The molecule has 2 aromatic heterocycles. The normalized spacial score (nSPS) is 12.9. The van der Waals surface area contributed by atoms with Gasteiger partial charge >= 0.3 is 15.6 Å². The van der Waals surface area contributed by atoms with E-state index < -0.39 is 26.7 Å². The van der Waals surface area contributed by atoms with Crippen molar-refractivity contribution in [2.45, 2.75) is 5.51 Å². The zero-order chi connectivity index (χ0) is 19.6. The van der Waals surface area contributed by atoms with Crippen LogP contribution in [-0.2, 0) is 10.1 Å². The smallest absolute Gasteiger partial charge is 0.274 e. The van der Waals surface area contributed by atoms with Crippen molar-refractivity contribution in [1.82, 2.24) is 4.73 Å². The number of aromatic nitrogens is 1. The van der Waals surface area contributed by atoms with Crippen LogP contribution < -0.4 is 15.4 Å². The van der Waals surface area contributed by atoms with Gasteiger partial charge < -0.3 is 0 Å². The molecule has 0 fully saturated rings. The second-order valence-electron chi connectivity index (χ2n) is 5.37. The Labute approximate surface area is 155 Å². The molecule has 0 aliphatic carbocycles. The van der Waals surface area contributed by atoms with Crippen molar-refractivity contribution in [3.63, 3.8) is 0 Å². The maximum absolute atomic E-state index is 12.5. The Morgan fingerprint density at radius 2 is 1.30 bits per heavy atom. The van der Waals surface area contributed by atoms with Gasteiger partial charge in [-0.1, -0.05) is 16.9 Å². The molecule has 0 unspecified atom stereocenters. The standard InChI is InChI=1S/C15H6F3NO5S3/c16-15(17,18)27(22,23)24-19-13(20)7-5-11-12(6-8(7)14(19)21)26-10-4-2-1-3-9(10)25-11/h1-6H. The Kier molecular flexibility index (Phi) is 3.84. The van der Waals surface area contributed by atoms with Gasteiger partial charge in [-0.2, -0.15) is 21.6 Å². The lowest BCUT2D eigenvalue weighted by Crippen LogP contribution is -2.41. The molecule has 0 saturated heterocycles. The topological polar surface area (TPSA) is 82.4 Å². The summed E-state index contributed by atoms with van der Waals surface area (Å²) in [6, 6.07) is 10.1. The van der Waals surface area contributed by atoms with Gasteiger partial charge in [-0.3, -0.25) is 13.9 Å². The first-order valence-electron chi connectivity index (χ1n) is 7.11. The number of fused-ring (bicyclic) bond motifs is 3. The van der Waals surface area contributed by atoms with Crippen LogP contribution in [0.15, 0.2) is 46.0 Å². The third kappa shape index (κ3) is 2.80. The monoisotopic (exact) mass is 433 g/mol. The first-order valence-corrected chi connectivity index (χ1v) is 10.1. The molecule has 2 aromatic carbocycles. The Morgan fingerprint density at radius 3 is 1.70 bits per heavy atom. The summed E-state index contributed by atoms with van der Waals surface area (Å²) < 4.78 is 66.3.